The van der Waals surface area contributed by atoms with Crippen LogP contribution in [0.2, 0.25) is 0 Å². The van der Waals surface area contributed by atoms with Crippen molar-refractivity contribution in [1.82, 2.24) is 9.97 Å². The SMILES string of the molecule is CCC(N)(CC)CNc1nc(C)cc(OC(C)C)n1. The summed E-state index contributed by atoms with van der Waals surface area (Å²) in [5.74, 6) is 1.17. The van der Waals surface area contributed by atoms with Crippen LogP contribution < -0.4 is 15.8 Å². The minimum Gasteiger partial charge on any atom is -0.475 e. The number of nitrogens with two attached hydrogens (primary N) is 1. The van der Waals surface area contributed by atoms with Crippen LogP contribution in [0.25, 0.3) is 0 Å². The van der Waals surface area contributed by atoms with Gasteiger partial charge in [0.05, 0.1) is 6.10 Å². The van der Waals surface area contributed by atoms with Crippen molar-refractivity contribution in [1.29, 1.82) is 0 Å². The molecule has 0 radical (unpaired) electrons. The van der Waals surface area contributed by atoms with E-state index in [1.165, 1.54) is 0 Å². The highest BCUT2D eigenvalue weighted by Crippen LogP contribution is 2.16. The van der Waals surface area contributed by atoms with Crippen LogP contribution in [-0.2, 0) is 0 Å². The molecule has 3 N–H and O–H groups in total. The van der Waals surface area contributed by atoms with E-state index in [2.05, 4.69) is 29.1 Å². The quantitative estimate of drug-likeness (QED) is 0.793. The molecule has 0 aliphatic rings. The maximum Gasteiger partial charge on any atom is 0.226 e. The van der Waals surface area contributed by atoms with Crippen LogP contribution in [-0.4, -0.2) is 28.2 Å². The molecular formula is C14H26N4O. The van der Waals surface area contributed by atoms with Gasteiger partial charge < -0.3 is 15.8 Å². The largest absolute Gasteiger partial charge is 0.475 e. The Morgan fingerprint density at radius 2 is 1.95 bits per heavy atom. The van der Waals surface area contributed by atoms with E-state index < -0.39 is 0 Å². The number of aryl methyl sites for hydroxylation is 1. The molecule has 0 spiro atoms. The summed E-state index contributed by atoms with van der Waals surface area (Å²) in [6.07, 6.45) is 1.93. The molecule has 1 heterocycles. The fraction of sp³-hybridized carbons (Fsp3) is 0.714. The second kappa shape index (κ2) is 6.70. The van der Waals surface area contributed by atoms with E-state index in [9.17, 15) is 0 Å². The van der Waals surface area contributed by atoms with Crippen molar-refractivity contribution in [3.63, 3.8) is 0 Å². The summed E-state index contributed by atoms with van der Waals surface area (Å²) in [6, 6.07) is 1.83. The van der Waals surface area contributed by atoms with Gasteiger partial charge >= 0.3 is 0 Å². The summed E-state index contributed by atoms with van der Waals surface area (Å²) in [6.45, 7) is 10.7. The zero-order chi connectivity index (χ0) is 14.5. The molecule has 0 unspecified atom stereocenters. The molecule has 0 amide bonds. The molecular weight excluding hydrogens is 240 g/mol. The lowest BCUT2D eigenvalue weighted by molar-refractivity contribution is 0.232. The first kappa shape index (κ1) is 15.7. The summed E-state index contributed by atoms with van der Waals surface area (Å²) >= 11 is 0. The Balaban J connectivity index is 2.75. The Kier molecular flexibility index (Phi) is 5.54. The lowest BCUT2D eigenvalue weighted by Gasteiger charge is -2.26. The third-order valence-corrected chi connectivity index (χ3v) is 3.19. The second-order valence-corrected chi connectivity index (χ2v) is 5.26. The van der Waals surface area contributed by atoms with Crippen LogP contribution in [0.4, 0.5) is 5.95 Å². The average molecular weight is 266 g/mol. The van der Waals surface area contributed by atoms with Crippen LogP contribution >= 0.6 is 0 Å². The molecule has 0 aliphatic heterocycles. The summed E-state index contributed by atoms with van der Waals surface area (Å²) in [7, 11) is 0. The molecule has 1 rings (SSSR count). The maximum atomic E-state index is 6.25. The van der Waals surface area contributed by atoms with E-state index in [0.717, 1.165) is 18.5 Å². The molecule has 19 heavy (non-hydrogen) atoms. The molecule has 0 atom stereocenters. The highest BCUT2D eigenvalue weighted by atomic mass is 16.5. The molecule has 108 valence electrons. The van der Waals surface area contributed by atoms with E-state index in [4.69, 9.17) is 10.5 Å². The highest BCUT2D eigenvalue weighted by molar-refractivity contribution is 5.31. The van der Waals surface area contributed by atoms with E-state index >= 15 is 0 Å². The highest BCUT2D eigenvalue weighted by Gasteiger charge is 2.20. The molecule has 0 bridgehead atoms. The number of rotatable bonds is 7. The zero-order valence-corrected chi connectivity index (χ0v) is 12.7. The molecule has 1 aromatic rings. The molecule has 0 saturated heterocycles. The van der Waals surface area contributed by atoms with Crippen LogP contribution in [0.5, 0.6) is 5.88 Å². The number of anilines is 1. The van der Waals surface area contributed by atoms with Gasteiger partial charge in [0, 0.05) is 23.8 Å². The maximum absolute atomic E-state index is 6.25. The van der Waals surface area contributed by atoms with Gasteiger partial charge in [-0.3, -0.25) is 0 Å². The van der Waals surface area contributed by atoms with Gasteiger partial charge in [-0.25, -0.2) is 4.98 Å². The topological polar surface area (TPSA) is 73.1 Å². The van der Waals surface area contributed by atoms with Gasteiger partial charge in [0.1, 0.15) is 0 Å². The minimum absolute atomic E-state index is 0.0991. The monoisotopic (exact) mass is 266 g/mol. The summed E-state index contributed by atoms with van der Waals surface area (Å²) in [4.78, 5) is 8.70. The fourth-order valence-corrected chi connectivity index (χ4v) is 1.68. The molecule has 1 aromatic heterocycles. The molecule has 0 aromatic carbocycles. The van der Waals surface area contributed by atoms with Gasteiger partial charge in [-0.2, -0.15) is 4.98 Å². The van der Waals surface area contributed by atoms with E-state index in [1.54, 1.807) is 0 Å². The van der Waals surface area contributed by atoms with Gasteiger partial charge in [-0.05, 0) is 33.6 Å². The molecule has 0 aliphatic carbocycles. The first-order valence-electron chi connectivity index (χ1n) is 6.93. The normalized spacial score (nSPS) is 11.7. The number of nitrogens with one attached hydrogen (secondary N) is 1. The van der Waals surface area contributed by atoms with Gasteiger partial charge in [0.15, 0.2) is 0 Å². The Morgan fingerprint density at radius 1 is 1.32 bits per heavy atom. The van der Waals surface area contributed by atoms with E-state index in [1.807, 2.05) is 26.8 Å². The average Bonchev–Trinajstić information content (AvgIpc) is 2.34. The van der Waals surface area contributed by atoms with Crippen LogP contribution in [0.1, 0.15) is 46.2 Å². The third kappa shape index (κ3) is 5.03. The number of hydrogen-bond donors (Lipinski definition) is 2. The van der Waals surface area contributed by atoms with Crippen molar-refractivity contribution >= 4 is 5.95 Å². The van der Waals surface area contributed by atoms with Crippen LogP contribution in [0.15, 0.2) is 6.07 Å². The Bertz CT molecular complexity index is 402. The molecule has 0 saturated carbocycles. The summed E-state index contributed by atoms with van der Waals surface area (Å²) in [5.41, 5.74) is 6.91. The molecule has 0 fully saturated rings. The smallest absolute Gasteiger partial charge is 0.226 e. The number of hydrogen-bond acceptors (Lipinski definition) is 5. The van der Waals surface area contributed by atoms with E-state index in [0.29, 0.717) is 18.4 Å². The first-order valence-corrected chi connectivity index (χ1v) is 6.93. The summed E-state index contributed by atoms with van der Waals surface area (Å²) < 4.78 is 5.60. The fourth-order valence-electron chi connectivity index (χ4n) is 1.68. The summed E-state index contributed by atoms with van der Waals surface area (Å²) in [5, 5.41) is 3.21. The predicted molar refractivity (Wildman–Crippen MR) is 78.5 cm³/mol. The number of aromatic nitrogens is 2. The van der Waals surface area contributed by atoms with Crippen LogP contribution in [0.3, 0.4) is 0 Å². The van der Waals surface area contributed by atoms with Gasteiger partial charge in [-0.1, -0.05) is 13.8 Å². The lowest BCUT2D eigenvalue weighted by atomic mass is 9.94. The van der Waals surface area contributed by atoms with Gasteiger partial charge in [0.2, 0.25) is 11.8 Å². The van der Waals surface area contributed by atoms with Gasteiger partial charge in [-0.15, -0.1) is 0 Å². The third-order valence-electron chi connectivity index (χ3n) is 3.19. The lowest BCUT2D eigenvalue weighted by Crippen LogP contribution is -2.45. The number of nitrogens with zero attached hydrogens (tertiary/aromatic N) is 2. The van der Waals surface area contributed by atoms with Crippen molar-refractivity contribution in [2.75, 3.05) is 11.9 Å². The van der Waals surface area contributed by atoms with Crippen molar-refractivity contribution < 1.29 is 4.74 Å². The Hall–Kier alpha value is -1.36. The Morgan fingerprint density at radius 3 is 2.47 bits per heavy atom. The van der Waals surface area contributed by atoms with Crippen molar-refractivity contribution in [3.8, 4) is 5.88 Å². The molecule has 5 heteroatoms. The second-order valence-electron chi connectivity index (χ2n) is 5.26. The Labute approximate surface area is 116 Å². The van der Waals surface area contributed by atoms with Crippen molar-refractivity contribution in [2.45, 2.75) is 59.1 Å². The van der Waals surface area contributed by atoms with Crippen LogP contribution in [0, 0.1) is 6.92 Å². The van der Waals surface area contributed by atoms with Crippen molar-refractivity contribution in [2.24, 2.45) is 5.73 Å². The predicted octanol–water partition coefficient (Wildman–Crippen LogP) is 2.50. The molecule has 5 nitrogen and oxygen atoms in total. The van der Waals surface area contributed by atoms with Crippen molar-refractivity contribution in [3.05, 3.63) is 11.8 Å². The van der Waals surface area contributed by atoms with E-state index in [-0.39, 0.29) is 11.6 Å². The minimum atomic E-state index is -0.216. The van der Waals surface area contributed by atoms with Gasteiger partial charge in [0.25, 0.3) is 0 Å². The zero-order valence-electron chi connectivity index (χ0n) is 12.7. The standard InChI is InChI=1S/C14H26N4O/c1-6-14(15,7-2)9-16-13-17-11(5)8-12(18-13)19-10(3)4/h8,10H,6-7,9,15H2,1-5H3,(H,16,17,18). The first-order chi connectivity index (χ1) is 8.88. The number of ether oxygens (including phenoxy) is 1.